The predicted molar refractivity (Wildman–Crippen MR) is 92.0 cm³/mol. The number of benzene rings is 1. The average molecular weight is 333 g/mol. The summed E-state index contributed by atoms with van der Waals surface area (Å²) in [6.07, 6.45) is 4.57. The highest BCUT2D eigenvalue weighted by Crippen LogP contribution is 2.33. The van der Waals surface area contributed by atoms with Gasteiger partial charge in [0.15, 0.2) is 0 Å². The summed E-state index contributed by atoms with van der Waals surface area (Å²) < 4.78 is 2.10. The molecular formula is C17H21ClN4O. The van der Waals surface area contributed by atoms with Crippen molar-refractivity contribution in [1.82, 2.24) is 14.9 Å². The Kier molecular flexibility index (Phi) is 4.57. The summed E-state index contributed by atoms with van der Waals surface area (Å²) in [5.41, 5.74) is 1.99. The molecule has 2 amide bonds. The molecule has 1 N–H and O–H groups in total. The number of aromatic nitrogens is 2. The van der Waals surface area contributed by atoms with Gasteiger partial charge in [-0.15, -0.1) is 0 Å². The van der Waals surface area contributed by atoms with Crippen molar-refractivity contribution in [3.8, 4) is 0 Å². The molecule has 1 aromatic heterocycles. The molecule has 0 fully saturated rings. The van der Waals surface area contributed by atoms with Crippen LogP contribution in [0.5, 0.6) is 0 Å². The van der Waals surface area contributed by atoms with Crippen LogP contribution in [0.2, 0.25) is 5.02 Å². The molecule has 3 rings (SSSR count). The van der Waals surface area contributed by atoms with Crippen LogP contribution in [0.4, 0.5) is 10.5 Å². The number of rotatable bonds is 4. The van der Waals surface area contributed by atoms with Gasteiger partial charge in [-0.25, -0.2) is 9.78 Å². The van der Waals surface area contributed by atoms with E-state index in [4.69, 9.17) is 11.6 Å². The van der Waals surface area contributed by atoms with Crippen LogP contribution in [0.1, 0.15) is 18.3 Å². The standard InChI is InChI=1S/C17H21ClN4O/c1-12(11-21-9-7-19-13(21)2)10-20-17(23)22-8-6-14-15(18)4-3-5-16(14)22/h3-5,7,9,12H,6,8,10-11H2,1-2H3,(H,20,23). The molecule has 0 aliphatic carbocycles. The molecule has 0 saturated heterocycles. The molecule has 1 unspecified atom stereocenters. The second-order valence-corrected chi connectivity index (χ2v) is 6.46. The van der Waals surface area contributed by atoms with Gasteiger partial charge >= 0.3 is 6.03 Å². The zero-order chi connectivity index (χ0) is 16.4. The summed E-state index contributed by atoms with van der Waals surface area (Å²) >= 11 is 6.19. The number of amides is 2. The quantitative estimate of drug-likeness (QED) is 0.934. The van der Waals surface area contributed by atoms with Crippen molar-refractivity contribution in [2.45, 2.75) is 26.8 Å². The van der Waals surface area contributed by atoms with Crippen LogP contribution in [-0.4, -0.2) is 28.7 Å². The number of carbonyl (C=O) groups excluding carboxylic acids is 1. The second kappa shape index (κ2) is 6.62. The maximum Gasteiger partial charge on any atom is 0.321 e. The second-order valence-electron chi connectivity index (χ2n) is 6.06. The Morgan fingerprint density at radius 2 is 2.30 bits per heavy atom. The minimum atomic E-state index is -0.0554. The van der Waals surface area contributed by atoms with Crippen LogP contribution in [0.15, 0.2) is 30.6 Å². The average Bonchev–Trinajstić information content (AvgIpc) is 3.13. The van der Waals surface area contributed by atoms with E-state index in [0.29, 0.717) is 19.0 Å². The Labute approximate surface area is 141 Å². The molecule has 1 aliphatic rings. The highest BCUT2D eigenvalue weighted by molar-refractivity contribution is 6.32. The normalized spacial score (nSPS) is 14.7. The van der Waals surface area contributed by atoms with Crippen LogP contribution >= 0.6 is 11.6 Å². The Bertz CT molecular complexity index is 712. The molecule has 0 spiro atoms. The Balaban J connectivity index is 1.57. The van der Waals surface area contributed by atoms with E-state index in [1.54, 1.807) is 11.1 Å². The van der Waals surface area contributed by atoms with E-state index in [9.17, 15) is 4.79 Å². The largest absolute Gasteiger partial charge is 0.337 e. The fourth-order valence-electron chi connectivity index (χ4n) is 2.96. The molecule has 0 saturated carbocycles. The van der Waals surface area contributed by atoms with Crippen LogP contribution in [0.3, 0.4) is 0 Å². The number of nitrogens with one attached hydrogen (secondary N) is 1. The number of urea groups is 1. The molecule has 6 heteroatoms. The maximum absolute atomic E-state index is 12.4. The first-order valence-electron chi connectivity index (χ1n) is 7.86. The van der Waals surface area contributed by atoms with Crippen molar-refractivity contribution >= 4 is 23.3 Å². The Morgan fingerprint density at radius 1 is 1.48 bits per heavy atom. The Hall–Kier alpha value is -2.01. The first-order valence-corrected chi connectivity index (χ1v) is 8.24. The molecule has 1 atom stereocenters. The molecular weight excluding hydrogens is 312 g/mol. The minimum absolute atomic E-state index is 0.0554. The summed E-state index contributed by atoms with van der Waals surface area (Å²) in [4.78, 5) is 18.4. The number of imidazole rings is 1. The molecule has 2 aromatic rings. The van der Waals surface area contributed by atoms with E-state index >= 15 is 0 Å². The zero-order valence-corrected chi connectivity index (χ0v) is 14.2. The third-order valence-electron chi connectivity index (χ3n) is 4.25. The predicted octanol–water partition coefficient (Wildman–Crippen LogP) is 3.25. The summed E-state index contributed by atoms with van der Waals surface area (Å²) in [7, 11) is 0. The van der Waals surface area contributed by atoms with E-state index < -0.39 is 0 Å². The minimum Gasteiger partial charge on any atom is -0.337 e. The zero-order valence-electron chi connectivity index (χ0n) is 13.4. The molecule has 1 aromatic carbocycles. The number of aryl methyl sites for hydroxylation is 1. The van der Waals surface area contributed by atoms with Gasteiger partial charge in [0.05, 0.1) is 5.69 Å². The molecule has 122 valence electrons. The molecule has 5 nitrogen and oxygen atoms in total. The first kappa shape index (κ1) is 15.9. The van der Waals surface area contributed by atoms with Crippen molar-refractivity contribution in [1.29, 1.82) is 0 Å². The fraction of sp³-hybridized carbons (Fsp3) is 0.412. The van der Waals surface area contributed by atoms with E-state index in [-0.39, 0.29) is 6.03 Å². The summed E-state index contributed by atoms with van der Waals surface area (Å²) in [6, 6.07) is 5.65. The summed E-state index contributed by atoms with van der Waals surface area (Å²) in [5.74, 6) is 1.32. The van der Waals surface area contributed by atoms with Gasteiger partial charge in [0.25, 0.3) is 0 Å². The summed E-state index contributed by atoms with van der Waals surface area (Å²) in [6.45, 7) is 6.25. The topological polar surface area (TPSA) is 50.2 Å². The van der Waals surface area contributed by atoms with Crippen molar-refractivity contribution in [3.63, 3.8) is 0 Å². The van der Waals surface area contributed by atoms with E-state index in [1.807, 2.05) is 31.3 Å². The summed E-state index contributed by atoms with van der Waals surface area (Å²) in [5, 5.41) is 3.76. The number of fused-ring (bicyclic) bond motifs is 1. The van der Waals surface area contributed by atoms with Gasteiger partial charge in [-0.3, -0.25) is 4.90 Å². The Morgan fingerprint density at radius 3 is 3.04 bits per heavy atom. The number of hydrogen-bond acceptors (Lipinski definition) is 2. The number of hydrogen-bond donors (Lipinski definition) is 1. The third kappa shape index (κ3) is 3.34. The van der Waals surface area contributed by atoms with Gasteiger partial charge in [0.1, 0.15) is 5.82 Å². The molecule has 23 heavy (non-hydrogen) atoms. The number of anilines is 1. The van der Waals surface area contributed by atoms with Crippen molar-refractivity contribution in [3.05, 3.63) is 47.0 Å². The van der Waals surface area contributed by atoms with Gasteiger partial charge in [-0.05, 0) is 37.0 Å². The maximum atomic E-state index is 12.4. The van der Waals surface area contributed by atoms with Gasteiger partial charge in [0.2, 0.25) is 0 Å². The van der Waals surface area contributed by atoms with Gasteiger partial charge in [-0.1, -0.05) is 24.6 Å². The number of nitrogens with zero attached hydrogens (tertiary/aromatic N) is 3. The molecule has 1 aliphatic heterocycles. The lowest BCUT2D eigenvalue weighted by Gasteiger charge is -2.20. The van der Waals surface area contributed by atoms with Gasteiger partial charge in [-0.2, -0.15) is 0 Å². The van der Waals surface area contributed by atoms with Crippen molar-refractivity contribution < 1.29 is 4.79 Å². The lowest BCUT2D eigenvalue weighted by Crippen LogP contribution is -2.41. The van der Waals surface area contributed by atoms with Gasteiger partial charge in [0, 0.05) is 37.1 Å². The lowest BCUT2D eigenvalue weighted by molar-refractivity contribution is 0.244. The van der Waals surface area contributed by atoms with Crippen molar-refractivity contribution in [2.24, 2.45) is 5.92 Å². The van der Waals surface area contributed by atoms with E-state index in [0.717, 1.165) is 35.1 Å². The highest BCUT2D eigenvalue weighted by atomic mass is 35.5. The smallest absolute Gasteiger partial charge is 0.321 e. The number of carbonyl (C=O) groups is 1. The van der Waals surface area contributed by atoms with Crippen molar-refractivity contribution in [2.75, 3.05) is 18.0 Å². The van der Waals surface area contributed by atoms with E-state index in [1.165, 1.54) is 0 Å². The van der Waals surface area contributed by atoms with Gasteiger partial charge < -0.3 is 9.88 Å². The lowest BCUT2D eigenvalue weighted by atomic mass is 10.2. The van der Waals surface area contributed by atoms with Crippen LogP contribution in [-0.2, 0) is 13.0 Å². The SMILES string of the molecule is Cc1nccn1CC(C)CNC(=O)N1CCc2c(Cl)cccc21. The van der Waals surface area contributed by atoms with E-state index in [2.05, 4.69) is 21.8 Å². The molecule has 0 radical (unpaired) electrons. The molecule has 0 bridgehead atoms. The monoisotopic (exact) mass is 332 g/mol. The highest BCUT2D eigenvalue weighted by Gasteiger charge is 2.26. The fourth-order valence-corrected chi connectivity index (χ4v) is 3.22. The number of halogens is 1. The van der Waals surface area contributed by atoms with Crippen LogP contribution < -0.4 is 10.2 Å². The van der Waals surface area contributed by atoms with Crippen LogP contribution in [0.25, 0.3) is 0 Å². The third-order valence-corrected chi connectivity index (χ3v) is 4.60. The van der Waals surface area contributed by atoms with Crippen LogP contribution in [0, 0.1) is 12.8 Å². The molecule has 2 heterocycles. The first-order chi connectivity index (χ1) is 11.1.